The molecule has 1 atom stereocenters. The lowest BCUT2D eigenvalue weighted by Gasteiger charge is -2.28. The van der Waals surface area contributed by atoms with Gasteiger partial charge < -0.3 is 10.2 Å². The van der Waals surface area contributed by atoms with Crippen molar-refractivity contribution in [2.75, 3.05) is 19.3 Å². The van der Waals surface area contributed by atoms with E-state index in [-0.39, 0.29) is 11.8 Å². The van der Waals surface area contributed by atoms with Crippen LogP contribution in [0.5, 0.6) is 0 Å². The number of nitrogens with zero attached hydrogens (tertiary/aromatic N) is 1. The normalized spacial score (nSPS) is 11.7. The number of thioether (sulfide) groups is 1. The Kier molecular flexibility index (Phi) is 8.69. The molecule has 0 saturated carbocycles. The molecule has 2 aromatic carbocycles. The summed E-state index contributed by atoms with van der Waals surface area (Å²) in [7, 11) is 1.59. The third-order valence-corrected chi connectivity index (χ3v) is 5.55. The van der Waals surface area contributed by atoms with Gasteiger partial charge in [0.05, 0.1) is 5.75 Å². The zero-order valence-corrected chi connectivity index (χ0v) is 17.2. The highest BCUT2D eigenvalue weighted by molar-refractivity contribution is 7.99. The van der Waals surface area contributed by atoms with Gasteiger partial charge in [0.15, 0.2) is 0 Å². The van der Waals surface area contributed by atoms with Crippen LogP contribution in [-0.4, -0.2) is 42.1 Å². The molecule has 2 rings (SSSR count). The number of rotatable bonds is 9. The van der Waals surface area contributed by atoms with Crippen molar-refractivity contribution in [2.45, 2.75) is 25.1 Å². The van der Waals surface area contributed by atoms with E-state index in [2.05, 4.69) is 5.32 Å². The Balaban J connectivity index is 1.94. The van der Waals surface area contributed by atoms with Crippen LogP contribution in [0.4, 0.5) is 0 Å². The molecule has 0 radical (unpaired) electrons. The SMILES string of the molecule is CNC(=O)[C@@H](C)N(CCc1ccccc1)C(=O)CSCc1ccc(Cl)cc1. The fourth-order valence-electron chi connectivity index (χ4n) is 2.70. The first kappa shape index (κ1) is 21.3. The van der Waals surface area contributed by atoms with Crippen LogP contribution in [0.1, 0.15) is 18.1 Å². The Morgan fingerprint density at radius 3 is 2.37 bits per heavy atom. The van der Waals surface area contributed by atoms with Crippen molar-refractivity contribution < 1.29 is 9.59 Å². The van der Waals surface area contributed by atoms with Crippen LogP contribution in [0.25, 0.3) is 0 Å². The summed E-state index contributed by atoms with van der Waals surface area (Å²) < 4.78 is 0. The van der Waals surface area contributed by atoms with E-state index in [1.165, 1.54) is 0 Å². The lowest BCUT2D eigenvalue weighted by Crippen LogP contribution is -2.48. The first-order chi connectivity index (χ1) is 13.0. The van der Waals surface area contributed by atoms with E-state index in [4.69, 9.17) is 11.6 Å². The van der Waals surface area contributed by atoms with Crippen LogP contribution >= 0.6 is 23.4 Å². The number of hydrogen-bond acceptors (Lipinski definition) is 3. The van der Waals surface area contributed by atoms with Gasteiger partial charge in [-0.25, -0.2) is 0 Å². The molecule has 4 nitrogen and oxygen atoms in total. The number of amides is 2. The molecule has 144 valence electrons. The average molecular weight is 405 g/mol. The largest absolute Gasteiger partial charge is 0.357 e. The number of likely N-dealkylation sites (N-methyl/N-ethyl adjacent to an activating group) is 1. The van der Waals surface area contributed by atoms with E-state index in [1.807, 2.05) is 54.6 Å². The average Bonchev–Trinajstić information content (AvgIpc) is 2.69. The molecule has 0 aliphatic rings. The molecular formula is C21H25ClN2O2S. The molecule has 0 spiro atoms. The Labute approximate surface area is 170 Å². The minimum atomic E-state index is -0.498. The summed E-state index contributed by atoms with van der Waals surface area (Å²) >= 11 is 7.44. The second-order valence-corrected chi connectivity index (χ2v) is 7.65. The van der Waals surface area contributed by atoms with Crippen LogP contribution in [0.2, 0.25) is 5.02 Å². The number of carbonyl (C=O) groups is 2. The molecule has 6 heteroatoms. The zero-order chi connectivity index (χ0) is 19.6. The van der Waals surface area contributed by atoms with Crippen molar-refractivity contribution >= 4 is 35.2 Å². The molecule has 2 amide bonds. The lowest BCUT2D eigenvalue weighted by molar-refractivity contribution is -0.137. The van der Waals surface area contributed by atoms with E-state index < -0.39 is 6.04 Å². The van der Waals surface area contributed by atoms with Crippen molar-refractivity contribution in [3.8, 4) is 0 Å². The van der Waals surface area contributed by atoms with Crippen LogP contribution in [0, 0.1) is 0 Å². The van der Waals surface area contributed by atoms with E-state index in [9.17, 15) is 9.59 Å². The molecule has 0 unspecified atom stereocenters. The van der Waals surface area contributed by atoms with Gasteiger partial charge >= 0.3 is 0 Å². The number of carbonyl (C=O) groups excluding carboxylic acids is 2. The highest BCUT2D eigenvalue weighted by Gasteiger charge is 2.24. The summed E-state index contributed by atoms with van der Waals surface area (Å²) in [4.78, 5) is 26.5. The monoisotopic (exact) mass is 404 g/mol. The molecule has 1 N–H and O–H groups in total. The second-order valence-electron chi connectivity index (χ2n) is 6.23. The van der Waals surface area contributed by atoms with E-state index in [0.717, 1.165) is 23.3 Å². The summed E-state index contributed by atoms with van der Waals surface area (Å²) in [5.74, 6) is 0.878. The Bertz CT molecular complexity index is 738. The highest BCUT2D eigenvalue weighted by Crippen LogP contribution is 2.17. The van der Waals surface area contributed by atoms with Crippen LogP contribution in [-0.2, 0) is 21.8 Å². The molecule has 0 heterocycles. The highest BCUT2D eigenvalue weighted by atomic mass is 35.5. The van der Waals surface area contributed by atoms with Crippen LogP contribution in [0.15, 0.2) is 54.6 Å². The minimum absolute atomic E-state index is 0.0269. The minimum Gasteiger partial charge on any atom is -0.357 e. The fourth-order valence-corrected chi connectivity index (χ4v) is 3.70. The van der Waals surface area contributed by atoms with Crippen LogP contribution in [0.3, 0.4) is 0 Å². The van der Waals surface area contributed by atoms with Gasteiger partial charge in [-0.05, 0) is 36.6 Å². The molecule has 0 aromatic heterocycles. The van der Waals surface area contributed by atoms with Crippen molar-refractivity contribution in [2.24, 2.45) is 0 Å². The first-order valence-electron chi connectivity index (χ1n) is 8.88. The quantitative estimate of drug-likeness (QED) is 0.691. The topological polar surface area (TPSA) is 49.4 Å². The number of benzene rings is 2. The van der Waals surface area contributed by atoms with Crippen LogP contribution < -0.4 is 5.32 Å². The van der Waals surface area contributed by atoms with E-state index in [1.54, 1.807) is 30.6 Å². The predicted molar refractivity (Wildman–Crippen MR) is 113 cm³/mol. The van der Waals surface area contributed by atoms with Gasteiger partial charge in [-0.2, -0.15) is 0 Å². The predicted octanol–water partition coefficient (Wildman–Crippen LogP) is 3.78. The van der Waals surface area contributed by atoms with Gasteiger partial charge in [0.25, 0.3) is 0 Å². The van der Waals surface area contributed by atoms with Gasteiger partial charge in [0, 0.05) is 24.4 Å². The molecule has 2 aromatic rings. The third-order valence-electron chi connectivity index (χ3n) is 4.31. The fraction of sp³-hybridized carbons (Fsp3) is 0.333. The van der Waals surface area contributed by atoms with E-state index >= 15 is 0 Å². The van der Waals surface area contributed by atoms with Gasteiger partial charge in [-0.15, -0.1) is 11.8 Å². The summed E-state index contributed by atoms with van der Waals surface area (Å²) in [5.41, 5.74) is 2.26. The van der Waals surface area contributed by atoms with Crippen molar-refractivity contribution in [1.29, 1.82) is 0 Å². The number of hydrogen-bond donors (Lipinski definition) is 1. The van der Waals surface area contributed by atoms with Gasteiger partial charge in [0.1, 0.15) is 6.04 Å². The Morgan fingerprint density at radius 2 is 1.74 bits per heavy atom. The summed E-state index contributed by atoms with van der Waals surface area (Å²) in [6, 6.07) is 17.1. The third kappa shape index (κ3) is 6.92. The molecule has 0 aliphatic carbocycles. The summed E-state index contributed by atoms with van der Waals surface area (Å²) in [5, 5.41) is 3.33. The molecule has 0 bridgehead atoms. The summed E-state index contributed by atoms with van der Waals surface area (Å²) in [6.45, 7) is 2.28. The molecule has 0 fully saturated rings. The van der Waals surface area contributed by atoms with Crippen molar-refractivity contribution in [3.05, 3.63) is 70.7 Å². The Hall–Kier alpha value is -1.98. The number of nitrogens with one attached hydrogen (secondary N) is 1. The number of halogens is 1. The van der Waals surface area contributed by atoms with E-state index in [0.29, 0.717) is 17.3 Å². The summed E-state index contributed by atoms with van der Waals surface area (Å²) in [6.07, 6.45) is 0.718. The molecule has 0 saturated heterocycles. The standard InChI is InChI=1S/C21H25ClN2O2S/c1-16(21(26)23-2)24(13-12-17-6-4-3-5-7-17)20(25)15-27-14-18-8-10-19(22)11-9-18/h3-11,16H,12-15H2,1-2H3,(H,23,26)/t16-/m1/s1. The molecular weight excluding hydrogens is 380 g/mol. The van der Waals surface area contributed by atoms with Crippen molar-refractivity contribution in [1.82, 2.24) is 10.2 Å². The van der Waals surface area contributed by atoms with Gasteiger partial charge in [-0.1, -0.05) is 54.1 Å². The zero-order valence-electron chi connectivity index (χ0n) is 15.7. The van der Waals surface area contributed by atoms with Gasteiger partial charge in [-0.3, -0.25) is 9.59 Å². The Morgan fingerprint density at radius 1 is 1.07 bits per heavy atom. The maximum absolute atomic E-state index is 12.8. The molecule has 27 heavy (non-hydrogen) atoms. The van der Waals surface area contributed by atoms with Gasteiger partial charge in [0.2, 0.25) is 11.8 Å². The lowest BCUT2D eigenvalue weighted by atomic mass is 10.1. The smallest absolute Gasteiger partial charge is 0.242 e. The maximum atomic E-state index is 12.8. The van der Waals surface area contributed by atoms with Crippen molar-refractivity contribution in [3.63, 3.8) is 0 Å². The first-order valence-corrected chi connectivity index (χ1v) is 10.4. The second kappa shape index (κ2) is 11.0. The maximum Gasteiger partial charge on any atom is 0.242 e. The molecule has 0 aliphatic heterocycles.